The van der Waals surface area contributed by atoms with Gasteiger partial charge in [0.2, 0.25) is 5.91 Å². The molecular formula is C20H28N4O2. The summed E-state index contributed by atoms with van der Waals surface area (Å²) in [5.41, 5.74) is 2.35. The summed E-state index contributed by atoms with van der Waals surface area (Å²) < 4.78 is 7.71. The van der Waals surface area contributed by atoms with E-state index in [2.05, 4.69) is 34.3 Å². The third kappa shape index (κ3) is 5.16. The average Bonchev–Trinajstić information content (AvgIpc) is 3.10. The fourth-order valence-corrected chi connectivity index (χ4v) is 3.26. The van der Waals surface area contributed by atoms with Crippen molar-refractivity contribution in [2.75, 3.05) is 26.7 Å². The van der Waals surface area contributed by atoms with Gasteiger partial charge >= 0.3 is 0 Å². The van der Waals surface area contributed by atoms with Crippen LogP contribution in [0, 0.1) is 0 Å². The number of benzene rings is 1. The van der Waals surface area contributed by atoms with E-state index in [1.165, 1.54) is 5.56 Å². The Morgan fingerprint density at radius 3 is 2.85 bits per heavy atom. The summed E-state index contributed by atoms with van der Waals surface area (Å²) in [5.74, 6) is 0.112. The van der Waals surface area contributed by atoms with Crippen LogP contribution in [-0.4, -0.2) is 58.3 Å². The summed E-state index contributed by atoms with van der Waals surface area (Å²) in [5, 5.41) is 4.26. The molecule has 140 valence electrons. The van der Waals surface area contributed by atoms with Crippen molar-refractivity contribution in [3.8, 4) is 0 Å². The molecule has 0 spiro atoms. The van der Waals surface area contributed by atoms with Crippen LogP contribution in [0.1, 0.15) is 24.5 Å². The normalized spacial score (nSPS) is 18.0. The number of aryl methyl sites for hydroxylation is 1. The third-order valence-corrected chi connectivity index (χ3v) is 4.73. The molecule has 1 saturated heterocycles. The van der Waals surface area contributed by atoms with E-state index < -0.39 is 0 Å². The zero-order valence-electron chi connectivity index (χ0n) is 15.7. The van der Waals surface area contributed by atoms with Crippen molar-refractivity contribution in [2.24, 2.45) is 0 Å². The number of aromatic nitrogens is 2. The van der Waals surface area contributed by atoms with E-state index >= 15 is 0 Å². The number of carbonyl (C=O) groups excluding carboxylic acids is 1. The molecule has 6 heteroatoms. The van der Waals surface area contributed by atoms with Crippen LogP contribution in [0.15, 0.2) is 42.7 Å². The molecule has 6 nitrogen and oxygen atoms in total. The molecule has 0 unspecified atom stereocenters. The number of hydrogen-bond donors (Lipinski definition) is 0. The van der Waals surface area contributed by atoms with E-state index in [-0.39, 0.29) is 12.0 Å². The first-order valence-corrected chi connectivity index (χ1v) is 9.27. The highest BCUT2D eigenvalue weighted by molar-refractivity contribution is 5.76. The van der Waals surface area contributed by atoms with Crippen LogP contribution in [0.2, 0.25) is 0 Å². The van der Waals surface area contributed by atoms with Gasteiger partial charge in [0.15, 0.2) is 0 Å². The van der Waals surface area contributed by atoms with E-state index in [1.807, 2.05) is 37.1 Å². The molecule has 0 N–H and O–H groups in total. The van der Waals surface area contributed by atoms with Crippen LogP contribution in [0.4, 0.5) is 0 Å². The van der Waals surface area contributed by atoms with Gasteiger partial charge in [0.05, 0.1) is 25.3 Å². The van der Waals surface area contributed by atoms with Crippen LogP contribution in [0.25, 0.3) is 0 Å². The summed E-state index contributed by atoms with van der Waals surface area (Å²) in [6, 6.07) is 10.4. The Balaban J connectivity index is 1.48. The van der Waals surface area contributed by atoms with Crippen LogP contribution in [0.5, 0.6) is 0 Å². The number of carbonyl (C=O) groups is 1. The maximum Gasteiger partial charge on any atom is 0.225 e. The first-order chi connectivity index (χ1) is 12.6. The van der Waals surface area contributed by atoms with Crippen LogP contribution in [-0.2, 0) is 29.2 Å². The van der Waals surface area contributed by atoms with Crippen molar-refractivity contribution in [2.45, 2.75) is 39.1 Å². The Morgan fingerprint density at radius 1 is 1.31 bits per heavy atom. The quantitative estimate of drug-likeness (QED) is 0.763. The highest BCUT2D eigenvalue weighted by Gasteiger charge is 2.24. The van der Waals surface area contributed by atoms with Gasteiger partial charge in [-0.05, 0) is 12.5 Å². The van der Waals surface area contributed by atoms with E-state index in [1.54, 1.807) is 4.90 Å². The highest BCUT2D eigenvalue weighted by atomic mass is 16.5. The molecule has 1 atom stereocenters. The Kier molecular flexibility index (Phi) is 6.41. The second kappa shape index (κ2) is 8.96. The number of rotatable bonds is 7. The molecule has 3 rings (SSSR count). The second-order valence-corrected chi connectivity index (χ2v) is 6.87. The molecule has 26 heavy (non-hydrogen) atoms. The van der Waals surface area contributed by atoms with Gasteiger partial charge in [-0.15, -0.1) is 0 Å². The minimum Gasteiger partial charge on any atom is -0.375 e. The minimum absolute atomic E-state index is 0.0409. The maximum absolute atomic E-state index is 12.6. The van der Waals surface area contributed by atoms with Gasteiger partial charge in [-0.1, -0.05) is 30.3 Å². The Labute approximate surface area is 155 Å². The molecule has 1 aliphatic heterocycles. The molecule has 0 radical (unpaired) electrons. The van der Waals surface area contributed by atoms with Gasteiger partial charge in [0.1, 0.15) is 0 Å². The summed E-state index contributed by atoms with van der Waals surface area (Å²) in [7, 11) is 1.84. The van der Waals surface area contributed by atoms with Crippen LogP contribution in [0.3, 0.4) is 0 Å². The van der Waals surface area contributed by atoms with E-state index in [0.717, 1.165) is 31.7 Å². The van der Waals surface area contributed by atoms with Gasteiger partial charge in [-0.3, -0.25) is 14.4 Å². The van der Waals surface area contributed by atoms with Gasteiger partial charge in [-0.2, -0.15) is 5.10 Å². The van der Waals surface area contributed by atoms with Gasteiger partial charge in [0, 0.05) is 51.5 Å². The van der Waals surface area contributed by atoms with Crippen LogP contribution < -0.4 is 0 Å². The summed E-state index contributed by atoms with van der Waals surface area (Å²) in [6.45, 7) is 6.75. The largest absolute Gasteiger partial charge is 0.375 e. The highest BCUT2D eigenvalue weighted by Crippen LogP contribution is 2.14. The lowest BCUT2D eigenvalue weighted by Gasteiger charge is -2.33. The molecule has 0 bridgehead atoms. The van der Waals surface area contributed by atoms with E-state index in [0.29, 0.717) is 19.6 Å². The number of hydrogen-bond acceptors (Lipinski definition) is 4. The maximum atomic E-state index is 12.6. The van der Waals surface area contributed by atoms with Crippen molar-refractivity contribution in [3.63, 3.8) is 0 Å². The van der Waals surface area contributed by atoms with E-state index in [4.69, 9.17) is 4.74 Å². The predicted molar refractivity (Wildman–Crippen MR) is 100 cm³/mol. The molecular weight excluding hydrogens is 328 g/mol. The lowest BCUT2D eigenvalue weighted by Crippen LogP contribution is -2.44. The molecule has 1 aromatic carbocycles. The molecule has 1 amide bonds. The smallest absolute Gasteiger partial charge is 0.225 e. The Bertz CT molecular complexity index is 701. The van der Waals surface area contributed by atoms with Crippen molar-refractivity contribution in [1.29, 1.82) is 0 Å². The summed E-state index contributed by atoms with van der Waals surface area (Å²) in [4.78, 5) is 16.7. The molecule has 1 aliphatic rings. The lowest BCUT2D eigenvalue weighted by molar-refractivity contribution is -0.135. The van der Waals surface area contributed by atoms with Gasteiger partial charge < -0.3 is 9.64 Å². The number of nitrogens with zero attached hydrogens (tertiary/aromatic N) is 4. The molecule has 0 saturated carbocycles. The Hall–Kier alpha value is -2.18. The molecule has 2 aromatic rings. The standard InChI is InChI=1S/C20H28N4O2/c1-3-24-15-18(12-21-24)13-22(2)20(25)11-19-16-23(9-10-26-19)14-17-7-5-4-6-8-17/h4-8,12,15,19H,3,9-11,13-14,16H2,1-2H3/t19-/m0/s1. The van der Waals surface area contributed by atoms with Gasteiger partial charge in [0.25, 0.3) is 0 Å². The number of morpholine rings is 1. The van der Waals surface area contributed by atoms with Gasteiger partial charge in [-0.25, -0.2) is 0 Å². The minimum atomic E-state index is -0.0409. The molecule has 1 fully saturated rings. The SMILES string of the molecule is CCn1cc(CN(C)C(=O)C[C@H]2CN(Cc3ccccc3)CCO2)cn1. The van der Waals surface area contributed by atoms with Crippen molar-refractivity contribution in [1.82, 2.24) is 19.6 Å². The van der Waals surface area contributed by atoms with E-state index in [9.17, 15) is 4.79 Å². The topological polar surface area (TPSA) is 50.6 Å². The van der Waals surface area contributed by atoms with Crippen molar-refractivity contribution < 1.29 is 9.53 Å². The number of ether oxygens (including phenoxy) is 1. The predicted octanol–water partition coefficient (Wildman–Crippen LogP) is 2.15. The fourth-order valence-electron chi connectivity index (χ4n) is 3.26. The number of amides is 1. The van der Waals surface area contributed by atoms with Crippen LogP contribution >= 0.6 is 0 Å². The second-order valence-electron chi connectivity index (χ2n) is 6.87. The first-order valence-electron chi connectivity index (χ1n) is 9.27. The van der Waals surface area contributed by atoms with Crippen molar-refractivity contribution >= 4 is 5.91 Å². The Morgan fingerprint density at radius 2 is 2.12 bits per heavy atom. The molecule has 1 aromatic heterocycles. The average molecular weight is 356 g/mol. The third-order valence-electron chi connectivity index (χ3n) is 4.73. The zero-order valence-corrected chi connectivity index (χ0v) is 15.7. The zero-order chi connectivity index (χ0) is 18.4. The summed E-state index contributed by atoms with van der Waals surface area (Å²) in [6.07, 6.45) is 4.19. The summed E-state index contributed by atoms with van der Waals surface area (Å²) >= 11 is 0. The fraction of sp³-hybridized carbons (Fsp3) is 0.500. The lowest BCUT2D eigenvalue weighted by atomic mass is 10.1. The molecule has 2 heterocycles. The monoisotopic (exact) mass is 356 g/mol. The molecule has 0 aliphatic carbocycles. The van der Waals surface area contributed by atoms with Crippen molar-refractivity contribution in [3.05, 3.63) is 53.9 Å². The first kappa shape index (κ1) is 18.6.